The second kappa shape index (κ2) is 3.62. The highest BCUT2D eigenvalue weighted by Crippen LogP contribution is 1.97. The van der Waals surface area contributed by atoms with Crippen LogP contribution in [0, 0.1) is 0 Å². The van der Waals surface area contributed by atoms with E-state index in [1.165, 1.54) is 11.6 Å². The Kier molecular flexibility index (Phi) is 3.43. The quantitative estimate of drug-likeness (QED) is 0.583. The molecule has 0 spiro atoms. The molecule has 0 unspecified atom stereocenters. The van der Waals surface area contributed by atoms with Crippen LogP contribution in [-0.4, -0.2) is 11.4 Å². The fraction of sp³-hybridized carbons (Fsp3) is 0.571. The molecule has 0 rings (SSSR count). The molecule has 0 heterocycles. The van der Waals surface area contributed by atoms with Gasteiger partial charge in [0, 0.05) is 17.2 Å². The maximum atomic E-state index is 10.8. The van der Waals surface area contributed by atoms with Crippen molar-refractivity contribution in [2.45, 2.75) is 26.3 Å². The molecule has 0 saturated carbocycles. The second-order valence-corrected chi connectivity index (χ2v) is 3.28. The van der Waals surface area contributed by atoms with Crippen LogP contribution in [0.15, 0.2) is 11.6 Å². The summed E-state index contributed by atoms with van der Waals surface area (Å²) in [7, 11) is 0. The highest BCUT2D eigenvalue weighted by molar-refractivity contribution is 6.26. The van der Waals surface area contributed by atoms with E-state index >= 15 is 0 Å². The third-order valence-corrected chi connectivity index (χ3v) is 0.839. The summed E-state index contributed by atoms with van der Waals surface area (Å²) in [6.07, 6.45) is 1.28. The molecule has 3 heteroatoms. The van der Waals surface area contributed by atoms with E-state index in [9.17, 15) is 4.79 Å². The van der Waals surface area contributed by atoms with Crippen molar-refractivity contribution >= 4 is 17.5 Å². The number of carbonyl (C=O) groups excluding carboxylic acids is 1. The van der Waals surface area contributed by atoms with Gasteiger partial charge in [0.05, 0.1) is 0 Å². The topological polar surface area (TPSA) is 29.1 Å². The van der Waals surface area contributed by atoms with Gasteiger partial charge in [0.25, 0.3) is 0 Å². The SMILES string of the molecule is CC(C)(C)NC(=O)/C=C/Cl. The molecule has 0 aromatic rings. The van der Waals surface area contributed by atoms with E-state index in [1.54, 1.807) is 0 Å². The molecule has 0 atom stereocenters. The van der Waals surface area contributed by atoms with E-state index in [1.807, 2.05) is 20.8 Å². The van der Waals surface area contributed by atoms with Gasteiger partial charge in [-0.25, -0.2) is 0 Å². The van der Waals surface area contributed by atoms with Crippen molar-refractivity contribution < 1.29 is 4.79 Å². The maximum absolute atomic E-state index is 10.8. The molecule has 0 aliphatic rings. The number of hydrogen-bond acceptors (Lipinski definition) is 1. The van der Waals surface area contributed by atoms with Crippen LogP contribution in [0.25, 0.3) is 0 Å². The molecular formula is C7H12ClNO. The van der Waals surface area contributed by atoms with Gasteiger partial charge in [-0.3, -0.25) is 4.79 Å². The van der Waals surface area contributed by atoms with E-state index < -0.39 is 0 Å². The molecule has 1 amide bonds. The van der Waals surface area contributed by atoms with E-state index in [0.29, 0.717) is 0 Å². The molecule has 0 fully saturated rings. The van der Waals surface area contributed by atoms with Crippen LogP contribution in [0.2, 0.25) is 0 Å². The first-order valence-electron chi connectivity index (χ1n) is 3.04. The summed E-state index contributed by atoms with van der Waals surface area (Å²) in [6, 6.07) is 0. The molecule has 10 heavy (non-hydrogen) atoms. The second-order valence-electron chi connectivity index (χ2n) is 3.03. The predicted octanol–water partition coefficient (Wildman–Crippen LogP) is 1.65. The van der Waals surface area contributed by atoms with Crippen molar-refractivity contribution in [1.29, 1.82) is 0 Å². The van der Waals surface area contributed by atoms with Crippen LogP contribution in [0.1, 0.15) is 20.8 Å². The van der Waals surface area contributed by atoms with Gasteiger partial charge in [0.2, 0.25) is 5.91 Å². The van der Waals surface area contributed by atoms with Crippen LogP contribution in [0.5, 0.6) is 0 Å². The molecule has 0 aromatic carbocycles. The van der Waals surface area contributed by atoms with Crippen molar-refractivity contribution in [2.24, 2.45) is 0 Å². The molecule has 58 valence electrons. The number of hydrogen-bond donors (Lipinski definition) is 1. The van der Waals surface area contributed by atoms with Crippen LogP contribution >= 0.6 is 11.6 Å². The molecule has 0 saturated heterocycles. The Bertz CT molecular complexity index is 146. The predicted molar refractivity (Wildman–Crippen MR) is 42.9 cm³/mol. The van der Waals surface area contributed by atoms with Gasteiger partial charge in [-0.1, -0.05) is 11.6 Å². The van der Waals surface area contributed by atoms with E-state index in [-0.39, 0.29) is 11.4 Å². The van der Waals surface area contributed by atoms with Crippen LogP contribution in [0.4, 0.5) is 0 Å². The fourth-order valence-electron chi connectivity index (χ4n) is 0.468. The van der Waals surface area contributed by atoms with Crippen molar-refractivity contribution in [3.05, 3.63) is 11.6 Å². The van der Waals surface area contributed by atoms with Crippen molar-refractivity contribution in [1.82, 2.24) is 5.32 Å². The van der Waals surface area contributed by atoms with Crippen molar-refractivity contribution in [3.63, 3.8) is 0 Å². The Labute approximate surface area is 66.3 Å². The smallest absolute Gasteiger partial charge is 0.245 e. The lowest BCUT2D eigenvalue weighted by Gasteiger charge is -2.18. The molecule has 0 aliphatic carbocycles. The molecule has 0 bridgehead atoms. The first-order chi connectivity index (χ1) is 4.45. The van der Waals surface area contributed by atoms with Gasteiger partial charge in [-0.05, 0) is 20.8 Å². The zero-order chi connectivity index (χ0) is 8.20. The Hall–Kier alpha value is -0.500. The van der Waals surface area contributed by atoms with E-state index in [2.05, 4.69) is 5.32 Å². The number of halogens is 1. The lowest BCUT2D eigenvalue weighted by Crippen LogP contribution is -2.39. The Balaban J connectivity index is 3.81. The highest BCUT2D eigenvalue weighted by atomic mass is 35.5. The summed E-state index contributed by atoms with van der Waals surface area (Å²) in [5.41, 5.74) is 1.01. The monoisotopic (exact) mass is 161 g/mol. The zero-order valence-electron chi connectivity index (χ0n) is 6.44. The van der Waals surface area contributed by atoms with Gasteiger partial charge in [0.15, 0.2) is 0 Å². The van der Waals surface area contributed by atoms with Crippen LogP contribution in [-0.2, 0) is 4.79 Å². The Morgan fingerprint density at radius 2 is 2.00 bits per heavy atom. The Morgan fingerprint density at radius 3 is 2.30 bits per heavy atom. The summed E-state index contributed by atoms with van der Waals surface area (Å²) in [4.78, 5) is 10.8. The number of carbonyl (C=O) groups is 1. The van der Waals surface area contributed by atoms with Gasteiger partial charge in [0.1, 0.15) is 0 Å². The van der Waals surface area contributed by atoms with Crippen molar-refractivity contribution in [3.8, 4) is 0 Å². The standard InChI is InChI=1S/C7H12ClNO/c1-7(2,3)9-6(10)4-5-8/h4-5H,1-3H3,(H,9,10)/b5-4+. The minimum Gasteiger partial charge on any atom is -0.348 e. The molecule has 1 N–H and O–H groups in total. The largest absolute Gasteiger partial charge is 0.348 e. The molecule has 0 radical (unpaired) electrons. The van der Waals surface area contributed by atoms with Crippen LogP contribution in [0.3, 0.4) is 0 Å². The third-order valence-electron chi connectivity index (χ3n) is 0.713. The normalized spacial score (nSPS) is 12.0. The lowest BCUT2D eigenvalue weighted by atomic mass is 10.1. The summed E-state index contributed by atoms with van der Waals surface area (Å²) < 4.78 is 0. The third kappa shape index (κ3) is 5.63. The number of nitrogens with one attached hydrogen (secondary N) is 1. The zero-order valence-corrected chi connectivity index (χ0v) is 7.20. The van der Waals surface area contributed by atoms with Crippen LogP contribution < -0.4 is 5.32 Å². The summed E-state index contributed by atoms with van der Waals surface area (Å²) in [5, 5.41) is 2.71. The first kappa shape index (κ1) is 9.50. The minimum atomic E-state index is -0.187. The van der Waals surface area contributed by atoms with E-state index in [0.717, 1.165) is 0 Å². The number of amides is 1. The van der Waals surface area contributed by atoms with E-state index in [4.69, 9.17) is 11.6 Å². The highest BCUT2D eigenvalue weighted by Gasteiger charge is 2.10. The molecule has 0 aliphatic heterocycles. The fourth-order valence-corrected chi connectivity index (χ4v) is 0.583. The Morgan fingerprint density at radius 1 is 1.50 bits per heavy atom. The maximum Gasteiger partial charge on any atom is 0.245 e. The summed E-state index contributed by atoms with van der Waals surface area (Å²) in [5.74, 6) is -0.164. The minimum absolute atomic E-state index is 0.164. The summed E-state index contributed by atoms with van der Waals surface area (Å²) in [6.45, 7) is 5.73. The number of rotatable bonds is 1. The average molecular weight is 162 g/mol. The summed E-state index contributed by atoms with van der Waals surface area (Å²) >= 11 is 5.18. The van der Waals surface area contributed by atoms with Gasteiger partial charge >= 0.3 is 0 Å². The van der Waals surface area contributed by atoms with Gasteiger partial charge in [-0.15, -0.1) is 0 Å². The average Bonchev–Trinajstić information content (AvgIpc) is 1.59. The van der Waals surface area contributed by atoms with Gasteiger partial charge < -0.3 is 5.32 Å². The first-order valence-corrected chi connectivity index (χ1v) is 3.48. The molecule has 2 nitrogen and oxygen atoms in total. The molecule has 0 aromatic heterocycles. The van der Waals surface area contributed by atoms with Crippen molar-refractivity contribution in [2.75, 3.05) is 0 Å². The van der Waals surface area contributed by atoms with Gasteiger partial charge in [-0.2, -0.15) is 0 Å². The molecular weight excluding hydrogens is 150 g/mol. The lowest BCUT2D eigenvalue weighted by molar-refractivity contribution is -0.117.